The van der Waals surface area contributed by atoms with Crippen LogP contribution >= 0.6 is 0 Å². The van der Waals surface area contributed by atoms with E-state index in [0.717, 1.165) is 23.1 Å². The van der Waals surface area contributed by atoms with E-state index >= 15 is 0 Å². The fourth-order valence-corrected chi connectivity index (χ4v) is 2.33. The second-order valence-electron chi connectivity index (χ2n) is 4.66. The molecule has 2 aromatic heterocycles. The highest BCUT2D eigenvalue weighted by Crippen LogP contribution is 2.25. The van der Waals surface area contributed by atoms with Gasteiger partial charge >= 0.3 is 6.03 Å². The first-order valence-corrected chi connectivity index (χ1v) is 6.84. The molecule has 0 aliphatic carbocycles. The van der Waals surface area contributed by atoms with Crippen LogP contribution in [0.2, 0.25) is 0 Å². The Morgan fingerprint density at radius 1 is 1.14 bits per heavy atom. The Kier molecular flexibility index (Phi) is 3.55. The predicted molar refractivity (Wildman–Crippen MR) is 84.5 cm³/mol. The third kappa shape index (κ3) is 2.72. The van der Waals surface area contributed by atoms with Crippen molar-refractivity contribution in [1.82, 2.24) is 9.55 Å². The molecule has 0 unspecified atom stereocenters. The molecule has 3 rings (SSSR count). The Morgan fingerprint density at radius 3 is 2.67 bits per heavy atom. The van der Waals surface area contributed by atoms with Crippen molar-refractivity contribution in [2.75, 3.05) is 10.6 Å². The molecule has 5 heteroatoms. The number of para-hydroxylation sites is 1. The number of urea groups is 1. The number of hydrogen-bond acceptors (Lipinski definition) is 2. The van der Waals surface area contributed by atoms with E-state index in [2.05, 4.69) is 27.1 Å². The highest BCUT2D eigenvalue weighted by Gasteiger charge is 2.10. The van der Waals surface area contributed by atoms with Crippen LogP contribution in [0.5, 0.6) is 0 Å². The molecule has 3 aromatic rings. The van der Waals surface area contributed by atoms with Crippen LogP contribution in [0.1, 0.15) is 6.92 Å². The summed E-state index contributed by atoms with van der Waals surface area (Å²) < 4.78 is 2.11. The Labute approximate surface area is 122 Å². The highest BCUT2D eigenvalue weighted by molar-refractivity contribution is 6.06. The molecule has 106 valence electrons. The number of hydrogen-bond donors (Lipinski definition) is 2. The molecule has 0 fully saturated rings. The number of benzene rings is 1. The zero-order valence-electron chi connectivity index (χ0n) is 11.7. The lowest BCUT2D eigenvalue weighted by Gasteiger charge is -2.06. The van der Waals surface area contributed by atoms with Gasteiger partial charge in [0.1, 0.15) is 0 Å². The van der Waals surface area contributed by atoms with Gasteiger partial charge in [-0.25, -0.2) is 4.79 Å². The monoisotopic (exact) mass is 280 g/mol. The Hall–Kier alpha value is -2.82. The number of carbonyl (C=O) groups excluding carboxylic acids is 1. The van der Waals surface area contributed by atoms with Gasteiger partial charge in [-0.1, -0.05) is 18.2 Å². The van der Waals surface area contributed by atoms with E-state index in [1.165, 1.54) is 0 Å². The molecule has 2 N–H and O–H groups in total. The van der Waals surface area contributed by atoms with E-state index in [0.29, 0.717) is 5.69 Å². The normalized spacial score (nSPS) is 10.5. The number of aryl methyl sites for hydroxylation is 1. The maximum atomic E-state index is 12.1. The molecule has 0 aliphatic rings. The van der Waals surface area contributed by atoms with Gasteiger partial charge < -0.3 is 15.2 Å². The molecule has 21 heavy (non-hydrogen) atoms. The largest absolute Gasteiger partial charge is 0.346 e. The first kappa shape index (κ1) is 13.2. The lowest BCUT2D eigenvalue weighted by atomic mass is 10.2. The van der Waals surface area contributed by atoms with Crippen LogP contribution in [0.25, 0.3) is 10.9 Å². The number of carbonyl (C=O) groups is 1. The smallest absolute Gasteiger partial charge is 0.323 e. The average Bonchev–Trinajstić information content (AvgIpc) is 2.86. The van der Waals surface area contributed by atoms with Crippen LogP contribution in [0.3, 0.4) is 0 Å². The summed E-state index contributed by atoms with van der Waals surface area (Å²) in [6, 6.07) is 11.2. The zero-order valence-corrected chi connectivity index (χ0v) is 11.7. The van der Waals surface area contributed by atoms with Gasteiger partial charge in [0, 0.05) is 36.2 Å². The maximum absolute atomic E-state index is 12.1. The minimum atomic E-state index is -0.264. The molecule has 0 atom stereocenters. The van der Waals surface area contributed by atoms with E-state index in [1.54, 1.807) is 24.5 Å². The second kappa shape index (κ2) is 5.66. The molecule has 2 amide bonds. The Balaban J connectivity index is 1.83. The summed E-state index contributed by atoms with van der Waals surface area (Å²) >= 11 is 0. The molecule has 0 spiro atoms. The van der Waals surface area contributed by atoms with Crippen LogP contribution in [-0.2, 0) is 6.54 Å². The quantitative estimate of drug-likeness (QED) is 0.768. The van der Waals surface area contributed by atoms with Gasteiger partial charge in [0.15, 0.2) is 0 Å². The van der Waals surface area contributed by atoms with Gasteiger partial charge in [0.2, 0.25) is 0 Å². The maximum Gasteiger partial charge on any atom is 0.323 e. The van der Waals surface area contributed by atoms with E-state index in [9.17, 15) is 4.79 Å². The van der Waals surface area contributed by atoms with Gasteiger partial charge in [0.05, 0.1) is 11.2 Å². The molecule has 0 radical (unpaired) electrons. The van der Waals surface area contributed by atoms with Crippen LogP contribution in [-0.4, -0.2) is 15.6 Å². The number of fused-ring (bicyclic) bond motifs is 1. The predicted octanol–water partition coefficient (Wildman–Crippen LogP) is 3.70. The number of aromatic nitrogens is 2. The first-order chi connectivity index (χ1) is 10.3. The van der Waals surface area contributed by atoms with Crippen LogP contribution < -0.4 is 10.6 Å². The summed E-state index contributed by atoms with van der Waals surface area (Å²) in [5.41, 5.74) is 2.62. The third-order valence-electron chi connectivity index (χ3n) is 3.32. The number of anilines is 2. The van der Waals surface area contributed by atoms with Crippen molar-refractivity contribution in [3.63, 3.8) is 0 Å². The molecule has 0 bridgehead atoms. The second-order valence-corrected chi connectivity index (χ2v) is 4.66. The molecule has 0 aliphatic heterocycles. The SMILES string of the molecule is CCn1cc(NC(=O)Nc2ccncc2)c2ccccc21. The molecular formula is C16H16N4O. The van der Waals surface area contributed by atoms with Gasteiger partial charge in [-0.15, -0.1) is 0 Å². The van der Waals surface area contributed by atoms with Gasteiger partial charge in [0.25, 0.3) is 0 Å². The summed E-state index contributed by atoms with van der Waals surface area (Å²) in [4.78, 5) is 16.0. The Bertz CT molecular complexity index is 764. The molecule has 0 saturated carbocycles. The van der Waals surface area contributed by atoms with Crippen molar-refractivity contribution in [3.05, 3.63) is 55.0 Å². The third-order valence-corrected chi connectivity index (χ3v) is 3.32. The number of nitrogens with zero attached hydrogens (tertiary/aromatic N) is 2. The molecule has 5 nitrogen and oxygen atoms in total. The van der Waals surface area contributed by atoms with Crippen LogP contribution in [0.4, 0.5) is 16.2 Å². The van der Waals surface area contributed by atoms with E-state index < -0.39 is 0 Å². The summed E-state index contributed by atoms with van der Waals surface area (Å²) in [5, 5.41) is 6.71. The minimum absolute atomic E-state index is 0.264. The van der Waals surface area contributed by atoms with Crippen molar-refractivity contribution >= 4 is 28.3 Å². The van der Waals surface area contributed by atoms with Gasteiger partial charge in [-0.3, -0.25) is 4.98 Å². The Morgan fingerprint density at radius 2 is 1.90 bits per heavy atom. The molecule has 1 aromatic carbocycles. The highest BCUT2D eigenvalue weighted by atomic mass is 16.2. The number of nitrogens with one attached hydrogen (secondary N) is 2. The minimum Gasteiger partial charge on any atom is -0.346 e. The number of pyridine rings is 1. The van der Waals surface area contributed by atoms with Crippen LogP contribution in [0.15, 0.2) is 55.0 Å². The number of rotatable bonds is 3. The first-order valence-electron chi connectivity index (χ1n) is 6.84. The van der Waals surface area contributed by atoms with E-state index in [-0.39, 0.29) is 6.03 Å². The van der Waals surface area contributed by atoms with Crippen molar-refractivity contribution in [1.29, 1.82) is 0 Å². The standard InChI is InChI=1S/C16H16N4O/c1-2-20-11-14(13-5-3-4-6-15(13)20)19-16(21)18-12-7-9-17-10-8-12/h3-11H,2H2,1H3,(H2,17,18,19,21). The van der Waals surface area contributed by atoms with Crippen molar-refractivity contribution < 1.29 is 4.79 Å². The molecular weight excluding hydrogens is 264 g/mol. The summed E-state index contributed by atoms with van der Waals surface area (Å²) in [6.07, 6.45) is 5.23. The topological polar surface area (TPSA) is 59.0 Å². The fraction of sp³-hybridized carbons (Fsp3) is 0.125. The fourth-order valence-electron chi connectivity index (χ4n) is 2.33. The average molecular weight is 280 g/mol. The van der Waals surface area contributed by atoms with E-state index in [4.69, 9.17) is 0 Å². The van der Waals surface area contributed by atoms with Crippen LogP contribution in [0, 0.1) is 0 Å². The van der Waals surface area contributed by atoms with Crippen molar-refractivity contribution in [2.24, 2.45) is 0 Å². The lowest BCUT2D eigenvalue weighted by Crippen LogP contribution is -2.19. The van der Waals surface area contributed by atoms with Gasteiger partial charge in [-0.2, -0.15) is 0 Å². The summed E-state index contributed by atoms with van der Waals surface area (Å²) in [6.45, 7) is 2.93. The summed E-state index contributed by atoms with van der Waals surface area (Å²) in [7, 11) is 0. The lowest BCUT2D eigenvalue weighted by molar-refractivity contribution is 0.262. The van der Waals surface area contributed by atoms with E-state index in [1.807, 2.05) is 30.5 Å². The summed E-state index contributed by atoms with van der Waals surface area (Å²) in [5.74, 6) is 0. The zero-order chi connectivity index (χ0) is 14.7. The number of amides is 2. The van der Waals surface area contributed by atoms with Crippen molar-refractivity contribution in [3.8, 4) is 0 Å². The molecule has 2 heterocycles. The van der Waals surface area contributed by atoms with Gasteiger partial charge in [-0.05, 0) is 25.1 Å². The van der Waals surface area contributed by atoms with Crippen molar-refractivity contribution in [2.45, 2.75) is 13.5 Å². The molecule has 0 saturated heterocycles.